The van der Waals surface area contributed by atoms with Gasteiger partial charge in [-0.15, -0.1) is 0 Å². The van der Waals surface area contributed by atoms with Crippen LogP contribution in [-0.4, -0.2) is 27.1 Å². The number of anilines is 1. The molecule has 2 rings (SSSR count). The molecule has 0 aliphatic heterocycles. The highest BCUT2D eigenvalue weighted by molar-refractivity contribution is 7.92. The van der Waals surface area contributed by atoms with Crippen molar-refractivity contribution in [2.45, 2.75) is 26.3 Å². The number of carbonyl (C=O) groups is 1. The molecule has 146 valence electrons. The van der Waals surface area contributed by atoms with Gasteiger partial charge in [-0.1, -0.05) is 60.0 Å². The van der Waals surface area contributed by atoms with Crippen molar-refractivity contribution in [3.8, 4) is 0 Å². The number of nitrogens with zero attached hydrogens (tertiary/aromatic N) is 1. The lowest BCUT2D eigenvalue weighted by Gasteiger charge is -2.24. The van der Waals surface area contributed by atoms with Crippen LogP contribution in [0, 0.1) is 6.92 Å². The van der Waals surface area contributed by atoms with Crippen LogP contribution >= 0.6 is 23.2 Å². The predicted octanol–water partition coefficient (Wildman–Crippen LogP) is 4.34. The summed E-state index contributed by atoms with van der Waals surface area (Å²) in [6.45, 7) is 3.60. The van der Waals surface area contributed by atoms with E-state index in [9.17, 15) is 13.2 Å². The molecule has 0 aliphatic rings. The number of hydrogen-bond donors (Lipinski definition) is 1. The van der Waals surface area contributed by atoms with Crippen LogP contribution in [0.2, 0.25) is 10.0 Å². The first-order valence-corrected chi connectivity index (χ1v) is 11.0. The fourth-order valence-electron chi connectivity index (χ4n) is 2.63. The molecular weight excluding hydrogens is 407 g/mol. The van der Waals surface area contributed by atoms with E-state index in [1.54, 1.807) is 0 Å². The van der Waals surface area contributed by atoms with Gasteiger partial charge in [0.15, 0.2) is 0 Å². The van der Waals surface area contributed by atoms with Crippen LogP contribution in [0.5, 0.6) is 0 Å². The monoisotopic (exact) mass is 428 g/mol. The smallest absolute Gasteiger partial charge is 0.241 e. The minimum Gasteiger partial charge on any atom is -0.348 e. The van der Waals surface area contributed by atoms with E-state index in [1.165, 1.54) is 18.2 Å². The predicted molar refractivity (Wildman–Crippen MR) is 111 cm³/mol. The second-order valence-electron chi connectivity index (χ2n) is 6.31. The Hall–Kier alpha value is -1.76. The zero-order valence-corrected chi connectivity index (χ0v) is 17.7. The van der Waals surface area contributed by atoms with Gasteiger partial charge >= 0.3 is 0 Å². The maximum absolute atomic E-state index is 12.6. The Kier molecular flexibility index (Phi) is 7.14. The number of benzene rings is 2. The zero-order valence-electron chi connectivity index (χ0n) is 15.4. The maximum atomic E-state index is 12.6. The average molecular weight is 429 g/mol. The van der Waals surface area contributed by atoms with Crippen molar-refractivity contribution >= 4 is 44.8 Å². The molecule has 1 amide bonds. The molecule has 0 aromatic heterocycles. The van der Waals surface area contributed by atoms with Gasteiger partial charge in [0.1, 0.15) is 6.54 Å². The van der Waals surface area contributed by atoms with Gasteiger partial charge in [0.25, 0.3) is 0 Å². The van der Waals surface area contributed by atoms with E-state index < -0.39 is 15.9 Å². The molecule has 27 heavy (non-hydrogen) atoms. The highest BCUT2D eigenvalue weighted by Crippen LogP contribution is 2.28. The van der Waals surface area contributed by atoms with Crippen LogP contribution in [-0.2, 0) is 14.8 Å². The van der Waals surface area contributed by atoms with Gasteiger partial charge in [-0.3, -0.25) is 9.10 Å². The van der Waals surface area contributed by atoms with Crippen molar-refractivity contribution < 1.29 is 13.2 Å². The quantitative estimate of drug-likeness (QED) is 0.712. The van der Waals surface area contributed by atoms with E-state index in [-0.39, 0.29) is 23.3 Å². The molecule has 0 bridgehead atoms. The van der Waals surface area contributed by atoms with Crippen LogP contribution in [0.3, 0.4) is 0 Å². The first kappa shape index (κ1) is 21.5. The lowest BCUT2D eigenvalue weighted by molar-refractivity contribution is -0.120. The molecule has 0 fully saturated rings. The van der Waals surface area contributed by atoms with E-state index in [4.69, 9.17) is 23.2 Å². The van der Waals surface area contributed by atoms with Gasteiger partial charge in [0, 0.05) is 0 Å². The van der Waals surface area contributed by atoms with E-state index >= 15 is 0 Å². The van der Waals surface area contributed by atoms with Crippen LogP contribution in [0.4, 0.5) is 5.69 Å². The summed E-state index contributed by atoms with van der Waals surface area (Å²) in [4.78, 5) is 12.6. The summed E-state index contributed by atoms with van der Waals surface area (Å²) in [6, 6.07) is 12.1. The van der Waals surface area contributed by atoms with Crippen LogP contribution in [0.15, 0.2) is 42.5 Å². The topological polar surface area (TPSA) is 66.5 Å². The highest BCUT2D eigenvalue weighted by atomic mass is 35.5. The van der Waals surface area contributed by atoms with E-state index in [2.05, 4.69) is 5.32 Å². The summed E-state index contributed by atoms with van der Waals surface area (Å²) in [5.41, 5.74) is 2.38. The number of amides is 1. The molecule has 0 unspecified atom stereocenters. The fourth-order valence-corrected chi connectivity index (χ4v) is 3.77. The third-order valence-electron chi connectivity index (χ3n) is 4.10. The Morgan fingerprint density at radius 2 is 1.74 bits per heavy atom. The second kappa shape index (κ2) is 8.95. The number of hydrogen-bond acceptors (Lipinski definition) is 3. The van der Waals surface area contributed by atoms with Crippen LogP contribution in [0.1, 0.15) is 30.5 Å². The van der Waals surface area contributed by atoms with Gasteiger partial charge in [-0.05, 0) is 37.1 Å². The van der Waals surface area contributed by atoms with E-state index in [0.717, 1.165) is 21.7 Å². The summed E-state index contributed by atoms with van der Waals surface area (Å²) < 4.78 is 25.4. The molecule has 0 aliphatic carbocycles. The minimum atomic E-state index is -3.68. The minimum absolute atomic E-state index is 0.201. The summed E-state index contributed by atoms with van der Waals surface area (Å²) in [5.74, 6) is -0.404. The lowest BCUT2D eigenvalue weighted by Crippen LogP contribution is -2.41. The summed E-state index contributed by atoms with van der Waals surface area (Å²) in [5, 5.41) is 3.42. The molecular formula is C19H22Cl2N2O3S. The summed E-state index contributed by atoms with van der Waals surface area (Å²) >= 11 is 11.9. The van der Waals surface area contributed by atoms with Gasteiger partial charge < -0.3 is 5.32 Å². The second-order valence-corrected chi connectivity index (χ2v) is 9.03. The van der Waals surface area contributed by atoms with Crippen molar-refractivity contribution in [2.75, 3.05) is 17.1 Å². The van der Waals surface area contributed by atoms with Gasteiger partial charge in [0.2, 0.25) is 15.9 Å². The SMILES string of the molecule is CC[C@H](NC(=O)CN(c1ccc(Cl)c(Cl)c1)S(C)(=O)=O)c1ccc(C)cc1. The molecule has 5 nitrogen and oxygen atoms in total. The number of sulfonamides is 1. The van der Waals surface area contributed by atoms with Crippen LogP contribution in [0.25, 0.3) is 0 Å². The maximum Gasteiger partial charge on any atom is 0.241 e. The van der Waals surface area contributed by atoms with Crippen molar-refractivity contribution in [2.24, 2.45) is 0 Å². The molecule has 1 N–H and O–H groups in total. The Bertz CT molecular complexity index is 915. The molecule has 0 saturated carbocycles. The largest absolute Gasteiger partial charge is 0.348 e. The Morgan fingerprint density at radius 3 is 2.26 bits per heavy atom. The fraction of sp³-hybridized carbons (Fsp3) is 0.316. The number of rotatable bonds is 7. The normalized spacial score (nSPS) is 12.5. The van der Waals surface area contributed by atoms with Crippen molar-refractivity contribution in [1.29, 1.82) is 0 Å². The third-order valence-corrected chi connectivity index (χ3v) is 5.98. The summed E-state index contributed by atoms with van der Waals surface area (Å²) in [7, 11) is -3.68. The number of aryl methyl sites for hydroxylation is 1. The summed E-state index contributed by atoms with van der Waals surface area (Å²) in [6.07, 6.45) is 1.72. The van der Waals surface area contributed by atoms with Gasteiger partial charge in [-0.25, -0.2) is 8.42 Å². The number of halogens is 2. The first-order valence-electron chi connectivity index (χ1n) is 8.40. The Morgan fingerprint density at radius 1 is 1.11 bits per heavy atom. The van der Waals surface area contributed by atoms with Gasteiger partial charge in [-0.2, -0.15) is 0 Å². The van der Waals surface area contributed by atoms with Crippen molar-refractivity contribution in [3.05, 3.63) is 63.6 Å². The Balaban J connectivity index is 2.20. The molecule has 1 atom stereocenters. The molecule has 2 aromatic rings. The number of nitrogens with one attached hydrogen (secondary N) is 1. The first-order chi connectivity index (χ1) is 12.6. The van der Waals surface area contributed by atoms with E-state index in [1.807, 2.05) is 38.1 Å². The molecule has 0 saturated heterocycles. The lowest BCUT2D eigenvalue weighted by atomic mass is 10.0. The molecule has 0 spiro atoms. The van der Waals surface area contributed by atoms with Crippen LogP contribution < -0.4 is 9.62 Å². The molecule has 2 aromatic carbocycles. The highest BCUT2D eigenvalue weighted by Gasteiger charge is 2.23. The van der Waals surface area contributed by atoms with E-state index in [0.29, 0.717) is 11.4 Å². The van der Waals surface area contributed by atoms with Gasteiger partial charge in [0.05, 0.1) is 28.0 Å². The Labute approximate surface area is 170 Å². The standard InChI is InChI=1S/C19H22Cl2N2O3S/c1-4-18(14-7-5-13(2)6-8-14)22-19(24)12-23(27(3,25)26)15-9-10-16(20)17(21)11-15/h5-11,18H,4,12H2,1-3H3,(H,22,24)/t18-/m0/s1. The number of carbonyl (C=O) groups excluding carboxylic acids is 1. The molecule has 8 heteroatoms. The zero-order chi connectivity index (χ0) is 20.2. The average Bonchev–Trinajstić information content (AvgIpc) is 2.60. The van der Waals surface area contributed by atoms with Crippen molar-refractivity contribution in [1.82, 2.24) is 5.32 Å². The molecule has 0 heterocycles. The molecule has 0 radical (unpaired) electrons. The van der Waals surface area contributed by atoms with Crippen molar-refractivity contribution in [3.63, 3.8) is 0 Å². The third kappa shape index (κ3) is 5.86.